The highest BCUT2D eigenvalue weighted by Crippen LogP contribution is 2.32. The van der Waals surface area contributed by atoms with Crippen molar-refractivity contribution >= 4 is 34.2 Å². The molecule has 0 bridgehead atoms. The van der Waals surface area contributed by atoms with Crippen LogP contribution in [0, 0.1) is 0 Å². The minimum absolute atomic E-state index is 0.681. The summed E-state index contributed by atoms with van der Waals surface area (Å²) in [6.07, 6.45) is -3.62. The zero-order valence-corrected chi connectivity index (χ0v) is 15.0. The monoisotopic (exact) mass is 392 g/mol. The highest BCUT2D eigenvalue weighted by molar-refractivity contribution is 7.13. The number of fused-ring (bicyclic) bond motifs is 1. The smallest absolute Gasteiger partial charge is 0.335 e. The molecule has 9 heteroatoms. The van der Waals surface area contributed by atoms with E-state index in [0.29, 0.717) is 6.54 Å². The highest BCUT2D eigenvalue weighted by atomic mass is 32.1. The van der Waals surface area contributed by atoms with Crippen molar-refractivity contribution in [2.24, 2.45) is 5.73 Å². The van der Waals surface area contributed by atoms with Crippen LogP contribution in [0.25, 0.3) is 21.5 Å². The van der Waals surface area contributed by atoms with Crippen LogP contribution in [0.3, 0.4) is 0 Å². The lowest BCUT2D eigenvalue weighted by Crippen LogP contribution is -2.39. The van der Waals surface area contributed by atoms with Crippen molar-refractivity contribution in [3.8, 4) is 10.6 Å². The maximum Gasteiger partial charge on any atom is 0.335 e. The Morgan fingerprint density at radius 1 is 1.04 bits per heavy atom. The predicted molar refractivity (Wildman–Crippen MR) is 102 cm³/mol. The maximum atomic E-state index is 9.77. The average molecular weight is 392 g/mol. The molecule has 0 spiro atoms. The van der Waals surface area contributed by atoms with Gasteiger partial charge in [-0.25, -0.2) is 9.59 Å². The first-order chi connectivity index (χ1) is 12.9. The van der Waals surface area contributed by atoms with Gasteiger partial charge in [-0.05, 0) is 36.0 Å². The second kappa shape index (κ2) is 9.28. The lowest BCUT2D eigenvalue weighted by Gasteiger charge is -2.07. The van der Waals surface area contributed by atoms with Gasteiger partial charge in [0.2, 0.25) is 0 Å². The van der Waals surface area contributed by atoms with Crippen molar-refractivity contribution in [3.63, 3.8) is 0 Å². The van der Waals surface area contributed by atoms with Gasteiger partial charge in [0, 0.05) is 10.9 Å². The predicted octanol–water partition coefficient (Wildman–Crippen LogP) is 1.27. The summed E-state index contributed by atoms with van der Waals surface area (Å²) in [5.74, 6) is -3.54. The number of carbonyl (C=O) groups is 2. The molecule has 2 atom stereocenters. The van der Waals surface area contributed by atoms with Crippen LogP contribution in [0.1, 0.15) is 5.56 Å². The summed E-state index contributed by atoms with van der Waals surface area (Å²) in [5, 5.41) is 35.9. The Hall–Kier alpha value is -2.72. The van der Waals surface area contributed by atoms with Crippen molar-refractivity contribution in [1.82, 2.24) is 4.98 Å². The van der Waals surface area contributed by atoms with Gasteiger partial charge in [-0.3, -0.25) is 0 Å². The van der Waals surface area contributed by atoms with E-state index in [1.807, 2.05) is 0 Å². The quantitative estimate of drug-likeness (QED) is 0.369. The van der Waals surface area contributed by atoms with E-state index in [-0.39, 0.29) is 0 Å². The molecule has 0 saturated heterocycles. The fraction of sp³-hybridized carbons (Fsp3) is 0.222. The van der Waals surface area contributed by atoms with Crippen molar-refractivity contribution in [1.29, 1.82) is 0 Å². The number of para-hydroxylation sites is 1. The minimum Gasteiger partial charge on any atom is -0.479 e. The summed E-state index contributed by atoms with van der Waals surface area (Å²) >= 11 is 1.76. The third-order valence-electron chi connectivity index (χ3n) is 3.78. The number of aliphatic carboxylic acids is 2. The first kappa shape index (κ1) is 20.6. The molecule has 3 rings (SSSR count). The normalized spacial score (nSPS) is 12.9. The summed E-state index contributed by atoms with van der Waals surface area (Å²) in [7, 11) is 0. The van der Waals surface area contributed by atoms with E-state index in [1.165, 1.54) is 27.0 Å². The van der Waals surface area contributed by atoms with Crippen molar-refractivity contribution in [2.75, 3.05) is 6.54 Å². The summed E-state index contributed by atoms with van der Waals surface area (Å²) in [6.45, 7) is 0.681. The van der Waals surface area contributed by atoms with Crippen molar-refractivity contribution in [3.05, 3.63) is 47.3 Å². The number of aromatic nitrogens is 1. The number of benzene rings is 1. The molecule has 0 aliphatic rings. The standard InChI is InChI=1S/C14H14N2S.C4H6O6/c15-8-7-11-10-4-1-2-5-12(10)16-14(11)13-6-3-9-17-13;5-1(3(7)8)2(6)4(9)10/h1-6,9,16H,7-8,15H2;1-2,5-6H,(H,7,8)(H,9,10)/t;1-,2-/m.1/s1. The van der Waals surface area contributed by atoms with E-state index in [2.05, 4.69) is 46.8 Å². The first-order valence-electron chi connectivity index (χ1n) is 8.02. The maximum absolute atomic E-state index is 9.77. The zero-order valence-electron chi connectivity index (χ0n) is 14.2. The van der Waals surface area contributed by atoms with E-state index in [1.54, 1.807) is 11.3 Å². The molecular weight excluding hydrogens is 372 g/mol. The minimum atomic E-state index is -2.27. The molecule has 2 heterocycles. The summed E-state index contributed by atoms with van der Waals surface area (Å²) in [5.41, 5.74) is 9.48. The zero-order chi connectivity index (χ0) is 20.0. The Morgan fingerprint density at radius 2 is 1.67 bits per heavy atom. The average Bonchev–Trinajstić information content (AvgIpc) is 3.29. The van der Waals surface area contributed by atoms with E-state index in [0.717, 1.165) is 6.42 Å². The third kappa shape index (κ3) is 4.92. The second-order valence-corrected chi connectivity index (χ2v) is 6.55. The summed E-state index contributed by atoms with van der Waals surface area (Å²) < 4.78 is 0. The third-order valence-corrected chi connectivity index (χ3v) is 4.67. The summed E-state index contributed by atoms with van der Waals surface area (Å²) in [6, 6.07) is 12.6. The van der Waals surface area contributed by atoms with Crippen LogP contribution in [0.2, 0.25) is 0 Å². The fourth-order valence-corrected chi connectivity index (χ4v) is 3.26. The first-order valence-corrected chi connectivity index (χ1v) is 8.90. The lowest BCUT2D eigenvalue weighted by molar-refractivity contribution is -0.165. The SMILES string of the molecule is NCCc1c(-c2cccs2)[nH]c2ccccc12.O=C(O)[C@H](O)[C@@H](O)C(=O)O. The lowest BCUT2D eigenvalue weighted by atomic mass is 10.1. The number of aromatic amines is 1. The number of carboxylic acid groups (broad SMARTS) is 2. The number of aliphatic hydroxyl groups excluding tert-OH is 2. The van der Waals surface area contributed by atoms with E-state index >= 15 is 0 Å². The number of thiophene rings is 1. The van der Waals surface area contributed by atoms with Crippen LogP contribution in [0.5, 0.6) is 0 Å². The number of nitrogens with one attached hydrogen (secondary N) is 1. The molecule has 27 heavy (non-hydrogen) atoms. The largest absolute Gasteiger partial charge is 0.479 e. The molecule has 2 aromatic heterocycles. The number of nitrogens with two attached hydrogens (primary N) is 1. The number of H-pyrrole nitrogens is 1. The van der Waals surface area contributed by atoms with Gasteiger partial charge >= 0.3 is 11.9 Å². The molecule has 7 N–H and O–H groups in total. The Morgan fingerprint density at radius 3 is 2.19 bits per heavy atom. The summed E-state index contributed by atoms with van der Waals surface area (Å²) in [4.78, 5) is 24.3. The Balaban J connectivity index is 0.000000227. The van der Waals surface area contributed by atoms with Crippen LogP contribution < -0.4 is 5.73 Å². The molecule has 8 nitrogen and oxygen atoms in total. The van der Waals surface area contributed by atoms with E-state index in [9.17, 15) is 9.59 Å². The molecule has 0 saturated carbocycles. The van der Waals surface area contributed by atoms with E-state index in [4.69, 9.17) is 26.2 Å². The van der Waals surface area contributed by atoms with E-state index < -0.39 is 24.1 Å². The molecule has 0 fully saturated rings. The molecular formula is C18H20N2O6S. The Labute approximate surface area is 158 Å². The second-order valence-electron chi connectivity index (χ2n) is 5.61. The van der Waals surface area contributed by atoms with Gasteiger partial charge in [0.25, 0.3) is 0 Å². The highest BCUT2D eigenvalue weighted by Gasteiger charge is 2.29. The van der Waals surface area contributed by atoms with Crippen LogP contribution in [-0.2, 0) is 16.0 Å². The Kier molecular flexibility index (Phi) is 7.08. The van der Waals surface area contributed by atoms with Crippen molar-refractivity contribution < 1.29 is 30.0 Å². The number of hydrogen-bond donors (Lipinski definition) is 6. The van der Waals surface area contributed by atoms with Crippen LogP contribution >= 0.6 is 11.3 Å². The van der Waals surface area contributed by atoms with Gasteiger partial charge in [-0.15, -0.1) is 11.3 Å². The molecule has 0 amide bonds. The topological polar surface area (TPSA) is 157 Å². The molecule has 144 valence electrons. The van der Waals surface area contributed by atoms with Crippen molar-refractivity contribution in [2.45, 2.75) is 18.6 Å². The van der Waals surface area contributed by atoms with Gasteiger partial charge in [0.15, 0.2) is 12.2 Å². The Bertz CT molecular complexity index is 888. The molecule has 1 aromatic carbocycles. The van der Waals surface area contributed by atoms with Gasteiger partial charge in [-0.1, -0.05) is 24.3 Å². The number of hydrogen-bond acceptors (Lipinski definition) is 6. The number of aliphatic hydroxyl groups is 2. The van der Waals surface area contributed by atoms with Gasteiger partial charge in [-0.2, -0.15) is 0 Å². The fourth-order valence-electron chi connectivity index (χ4n) is 2.51. The van der Waals surface area contributed by atoms with Gasteiger partial charge < -0.3 is 31.1 Å². The molecule has 0 aliphatic heterocycles. The molecule has 0 radical (unpaired) electrons. The van der Waals surface area contributed by atoms with Crippen LogP contribution in [0.4, 0.5) is 0 Å². The van der Waals surface area contributed by atoms with Gasteiger partial charge in [0.1, 0.15) is 0 Å². The molecule has 0 unspecified atom stereocenters. The molecule has 0 aliphatic carbocycles. The number of rotatable bonds is 6. The van der Waals surface area contributed by atoms with Gasteiger partial charge in [0.05, 0.1) is 10.6 Å². The number of carboxylic acids is 2. The van der Waals surface area contributed by atoms with Crippen LogP contribution in [0.15, 0.2) is 41.8 Å². The van der Waals surface area contributed by atoms with Crippen LogP contribution in [-0.4, -0.2) is 56.1 Å². The molecule has 3 aromatic rings.